The number of rotatable bonds is 5. The molecule has 1 rings (SSSR count). The van der Waals surface area contributed by atoms with Crippen LogP contribution in [-0.4, -0.2) is 6.29 Å². The van der Waals surface area contributed by atoms with Crippen LogP contribution in [0.4, 0.5) is 0 Å². The minimum atomic E-state index is 0. The first-order valence-corrected chi connectivity index (χ1v) is 7.72. The van der Waals surface area contributed by atoms with Gasteiger partial charge in [-0.2, -0.15) is 0 Å². The van der Waals surface area contributed by atoms with Crippen molar-refractivity contribution in [2.75, 3.05) is 0 Å². The van der Waals surface area contributed by atoms with E-state index in [2.05, 4.69) is 45.9 Å². The third-order valence-corrected chi connectivity index (χ3v) is 4.10. The summed E-state index contributed by atoms with van der Waals surface area (Å²) >= 11 is 0. The number of allylic oxidation sites excluding steroid dienone is 10. The molecule has 0 unspecified atom stereocenters. The first-order valence-electron chi connectivity index (χ1n) is 7.72. The Labute approximate surface area is 180 Å². The molecule has 22 heavy (non-hydrogen) atoms. The molecule has 0 heterocycles. The molecule has 1 aliphatic carbocycles. The Morgan fingerprint density at radius 1 is 1.14 bits per heavy atom. The average molecular weight is 325 g/mol. The molecule has 0 amide bonds. The first-order chi connectivity index (χ1) is 9.86. The van der Waals surface area contributed by atoms with Gasteiger partial charge in [-0.05, 0) is 62.7 Å². The summed E-state index contributed by atoms with van der Waals surface area (Å²) in [5.74, 6) is 0. The van der Waals surface area contributed by atoms with Crippen LogP contribution >= 0.6 is 0 Å². The van der Waals surface area contributed by atoms with E-state index in [1.165, 1.54) is 36.0 Å². The molecular formula is C20H29KO. The van der Waals surface area contributed by atoms with Gasteiger partial charge in [-0.15, -0.1) is 0 Å². The molecule has 0 N–H and O–H groups in total. The van der Waals surface area contributed by atoms with Crippen LogP contribution in [0.5, 0.6) is 0 Å². The van der Waals surface area contributed by atoms with Crippen LogP contribution in [0.1, 0.15) is 55.3 Å². The van der Waals surface area contributed by atoms with E-state index in [1.807, 2.05) is 19.1 Å². The van der Waals surface area contributed by atoms with Gasteiger partial charge in [0.05, 0.1) is 0 Å². The van der Waals surface area contributed by atoms with Crippen LogP contribution in [-0.2, 0) is 4.79 Å². The standard InChI is InChI=1S/C20H28O.K.H/c1-16(8-6-9-17(2)13-15-21)11-12-19-18(3)10-7-14-20(19,4)5;;/h6,8-9,11-13,15H,7,10,14H2,1-5H3;;/q;+1;-1. The van der Waals surface area contributed by atoms with E-state index >= 15 is 0 Å². The van der Waals surface area contributed by atoms with E-state index in [-0.39, 0.29) is 58.2 Å². The zero-order valence-corrected chi connectivity index (χ0v) is 18.2. The monoisotopic (exact) mass is 324 g/mol. The summed E-state index contributed by atoms with van der Waals surface area (Å²) in [4.78, 5) is 10.3. The molecule has 0 aromatic rings. The van der Waals surface area contributed by atoms with Crippen molar-refractivity contribution in [1.29, 1.82) is 0 Å². The predicted molar refractivity (Wildman–Crippen MR) is 93.3 cm³/mol. The molecule has 1 aliphatic rings. The van der Waals surface area contributed by atoms with Crippen LogP contribution in [0.2, 0.25) is 0 Å². The zero-order valence-electron chi connectivity index (χ0n) is 16.1. The molecule has 0 aromatic carbocycles. The Kier molecular flexibility index (Phi) is 10.7. The van der Waals surface area contributed by atoms with E-state index in [4.69, 9.17) is 0 Å². The summed E-state index contributed by atoms with van der Waals surface area (Å²) in [6.45, 7) is 10.9. The molecule has 2 heteroatoms. The van der Waals surface area contributed by atoms with Crippen LogP contribution < -0.4 is 51.4 Å². The van der Waals surface area contributed by atoms with Crippen LogP contribution in [0.15, 0.2) is 58.7 Å². The molecule has 0 saturated heterocycles. The molecule has 1 nitrogen and oxygen atoms in total. The maximum absolute atomic E-state index is 10.3. The van der Waals surface area contributed by atoms with Gasteiger partial charge in [0.25, 0.3) is 0 Å². The SMILES string of the molecule is CC(C=CC=C(C)C=CC1=C(C)CCCC1(C)C)=CC=O.[H-].[K+]. The first kappa shape index (κ1) is 22.0. The van der Waals surface area contributed by atoms with Crippen LogP contribution in [0.3, 0.4) is 0 Å². The van der Waals surface area contributed by atoms with Crippen molar-refractivity contribution in [3.8, 4) is 0 Å². The number of carbonyl (C=O) groups excluding carboxylic acids is 1. The van der Waals surface area contributed by atoms with Gasteiger partial charge < -0.3 is 1.43 Å². The molecule has 0 saturated carbocycles. The van der Waals surface area contributed by atoms with E-state index in [1.54, 1.807) is 6.08 Å². The van der Waals surface area contributed by atoms with E-state index < -0.39 is 0 Å². The molecule has 0 aromatic heterocycles. The van der Waals surface area contributed by atoms with Crippen LogP contribution in [0, 0.1) is 5.41 Å². The third-order valence-electron chi connectivity index (χ3n) is 4.10. The Hall–Kier alpha value is 0.00636. The smallest absolute Gasteiger partial charge is 1.00 e. The van der Waals surface area contributed by atoms with Gasteiger partial charge in [0.1, 0.15) is 6.29 Å². The van der Waals surface area contributed by atoms with Gasteiger partial charge in [-0.1, -0.05) is 55.4 Å². The van der Waals surface area contributed by atoms with Gasteiger partial charge in [-0.25, -0.2) is 0 Å². The quantitative estimate of drug-likeness (QED) is 0.329. The van der Waals surface area contributed by atoms with Gasteiger partial charge in [0.15, 0.2) is 0 Å². The van der Waals surface area contributed by atoms with Crippen molar-refractivity contribution in [3.63, 3.8) is 0 Å². The van der Waals surface area contributed by atoms with Gasteiger partial charge >= 0.3 is 51.4 Å². The second kappa shape index (κ2) is 10.7. The molecule has 116 valence electrons. The summed E-state index contributed by atoms with van der Waals surface area (Å²) in [5.41, 5.74) is 5.48. The number of hydrogen-bond donors (Lipinski definition) is 0. The fraction of sp³-hybridized carbons (Fsp3) is 0.450. The van der Waals surface area contributed by atoms with Gasteiger partial charge in [0.2, 0.25) is 0 Å². The topological polar surface area (TPSA) is 17.1 Å². The summed E-state index contributed by atoms with van der Waals surface area (Å²) in [5, 5.41) is 0. The molecule has 0 aliphatic heterocycles. The van der Waals surface area contributed by atoms with Crippen molar-refractivity contribution in [1.82, 2.24) is 0 Å². The Balaban J connectivity index is 0. The zero-order chi connectivity index (χ0) is 15.9. The molecule has 0 atom stereocenters. The number of carbonyl (C=O) groups is 1. The molecule has 0 bridgehead atoms. The van der Waals surface area contributed by atoms with Crippen molar-refractivity contribution >= 4 is 6.29 Å². The largest absolute Gasteiger partial charge is 1.00 e. The summed E-state index contributed by atoms with van der Waals surface area (Å²) < 4.78 is 0. The van der Waals surface area contributed by atoms with E-state index in [0.717, 1.165) is 11.9 Å². The van der Waals surface area contributed by atoms with Crippen LogP contribution in [0.25, 0.3) is 0 Å². The predicted octanol–water partition coefficient (Wildman–Crippen LogP) is 2.83. The fourth-order valence-electron chi connectivity index (χ4n) is 2.80. The molecule has 0 radical (unpaired) electrons. The fourth-order valence-corrected chi connectivity index (χ4v) is 2.80. The Morgan fingerprint density at radius 3 is 2.36 bits per heavy atom. The van der Waals surface area contributed by atoms with E-state index in [0.29, 0.717) is 0 Å². The molecular weight excluding hydrogens is 295 g/mol. The normalized spacial score (nSPS) is 19.7. The maximum Gasteiger partial charge on any atom is 1.00 e. The molecule has 0 fully saturated rings. The number of aldehydes is 1. The van der Waals surface area contributed by atoms with Crippen molar-refractivity contribution in [3.05, 3.63) is 58.7 Å². The minimum absolute atomic E-state index is 0. The summed E-state index contributed by atoms with van der Waals surface area (Å²) in [6, 6.07) is 0. The second-order valence-corrected chi connectivity index (χ2v) is 6.58. The van der Waals surface area contributed by atoms with Crippen molar-refractivity contribution in [2.24, 2.45) is 5.41 Å². The Bertz CT molecular complexity index is 534. The third kappa shape index (κ3) is 7.52. The van der Waals surface area contributed by atoms with Crippen molar-refractivity contribution < 1.29 is 57.6 Å². The van der Waals surface area contributed by atoms with Crippen molar-refractivity contribution in [2.45, 2.75) is 53.9 Å². The Morgan fingerprint density at radius 2 is 1.77 bits per heavy atom. The van der Waals surface area contributed by atoms with Gasteiger partial charge in [0, 0.05) is 0 Å². The van der Waals surface area contributed by atoms with Gasteiger partial charge in [-0.3, -0.25) is 4.79 Å². The number of hydrogen-bond acceptors (Lipinski definition) is 1. The summed E-state index contributed by atoms with van der Waals surface area (Å²) in [7, 11) is 0. The van der Waals surface area contributed by atoms with E-state index in [9.17, 15) is 4.79 Å². The summed E-state index contributed by atoms with van der Waals surface area (Å²) in [6.07, 6.45) is 16.6. The average Bonchev–Trinajstić information content (AvgIpc) is 2.37. The minimum Gasteiger partial charge on any atom is -1.00 e. The molecule has 0 spiro atoms. The second-order valence-electron chi connectivity index (χ2n) is 6.58. The maximum atomic E-state index is 10.3.